The first-order valence-electron chi connectivity index (χ1n) is 9.62. The molecule has 0 aliphatic carbocycles. The number of hydrogen-bond donors (Lipinski definition) is 0. The molecule has 0 aliphatic heterocycles. The maximum atomic E-state index is 13.3. The summed E-state index contributed by atoms with van der Waals surface area (Å²) in [5.74, 6) is 1.44. The Balaban J connectivity index is 1.65. The number of carbonyl (C=O) groups excluding carboxylic acids is 1. The topological polar surface area (TPSA) is 77.6 Å². The molecule has 0 fully saturated rings. The van der Waals surface area contributed by atoms with E-state index < -0.39 is 0 Å². The van der Waals surface area contributed by atoms with Gasteiger partial charge in [0.25, 0.3) is 5.56 Å². The summed E-state index contributed by atoms with van der Waals surface area (Å²) in [4.78, 5) is 32.2. The fraction of sp³-hybridized carbons (Fsp3) is 0.174. The van der Waals surface area contributed by atoms with Gasteiger partial charge in [0.1, 0.15) is 11.5 Å². The zero-order valence-electron chi connectivity index (χ0n) is 17.1. The van der Waals surface area contributed by atoms with Crippen LogP contribution in [0.15, 0.2) is 81.3 Å². The van der Waals surface area contributed by atoms with Crippen molar-refractivity contribution in [2.45, 2.75) is 11.7 Å². The van der Waals surface area contributed by atoms with E-state index in [4.69, 9.17) is 9.15 Å². The van der Waals surface area contributed by atoms with Crippen LogP contribution >= 0.6 is 11.8 Å². The van der Waals surface area contributed by atoms with Gasteiger partial charge in [-0.1, -0.05) is 23.9 Å². The summed E-state index contributed by atoms with van der Waals surface area (Å²) in [6.07, 6.45) is 1.58. The molecule has 0 radical (unpaired) electrons. The quantitative estimate of drug-likeness (QED) is 0.325. The molecule has 0 unspecified atom stereocenters. The highest BCUT2D eigenvalue weighted by Crippen LogP contribution is 2.23. The molecule has 2 aromatic heterocycles. The van der Waals surface area contributed by atoms with Gasteiger partial charge in [0, 0.05) is 7.05 Å². The van der Waals surface area contributed by atoms with E-state index in [-0.39, 0.29) is 17.2 Å². The van der Waals surface area contributed by atoms with Gasteiger partial charge >= 0.3 is 0 Å². The number of furan rings is 1. The molecule has 1 amide bonds. The SMILES string of the molecule is COc1ccc(-n2c(SCC(=O)N(C)Cc3ccco3)nc3ccccc3c2=O)cc1. The van der Waals surface area contributed by atoms with E-state index in [1.54, 1.807) is 67.8 Å². The summed E-state index contributed by atoms with van der Waals surface area (Å²) in [5.41, 5.74) is 1.06. The minimum absolute atomic E-state index is 0.0925. The summed E-state index contributed by atoms with van der Waals surface area (Å²) in [6, 6.07) is 18.0. The molecule has 158 valence electrons. The molecule has 0 aliphatic rings. The Labute approximate surface area is 183 Å². The normalized spacial score (nSPS) is 10.9. The lowest BCUT2D eigenvalue weighted by molar-refractivity contribution is -0.127. The first kappa shape index (κ1) is 20.7. The Hall–Kier alpha value is -3.52. The molecule has 2 aromatic carbocycles. The average Bonchev–Trinajstić information content (AvgIpc) is 3.31. The van der Waals surface area contributed by atoms with Crippen molar-refractivity contribution in [1.82, 2.24) is 14.5 Å². The van der Waals surface area contributed by atoms with E-state index in [1.807, 2.05) is 18.2 Å². The standard InChI is InChI=1S/C23H21N3O4S/c1-25(14-18-6-5-13-30-18)21(27)15-31-23-24-20-8-4-3-7-19(20)22(28)26(23)16-9-11-17(29-2)12-10-16/h3-13H,14-15H2,1-2H3. The molecule has 0 atom stereocenters. The summed E-state index contributed by atoms with van der Waals surface area (Å²) >= 11 is 1.23. The Morgan fingerprint density at radius 1 is 1.13 bits per heavy atom. The Morgan fingerprint density at radius 2 is 1.90 bits per heavy atom. The van der Waals surface area contributed by atoms with Crippen LogP contribution in [0.5, 0.6) is 5.75 Å². The van der Waals surface area contributed by atoms with Crippen molar-refractivity contribution < 1.29 is 13.9 Å². The van der Waals surface area contributed by atoms with Crippen LogP contribution in [0.25, 0.3) is 16.6 Å². The van der Waals surface area contributed by atoms with Gasteiger partial charge in [-0.2, -0.15) is 0 Å². The van der Waals surface area contributed by atoms with Crippen molar-refractivity contribution in [1.29, 1.82) is 0 Å². The summed E-state index contributed by atoms with van der Waals surface area (Å²) < 4.78 is 12.1. The van der Waals surface area contributed by atoms with E-state index in [1.165, 1.54) is 16.3 Å². The van der Waals surface area contributed by atoms with Gasteiger partial charge in [-0.3, -0.25) is 14.2 Å². The van der Waals surface area contributed by atoms with Crippen LogP contribution in [0.3, 0.4) is 0 Å². The number of para-hydroxylation sites is 1. The second-order valence-corrected chi connectivity index (χ2v) is 7.81. The van der Waals surface area contributed by atoms with Gasteiger partial charge in [0.05, 0.1) is 42.3 Å². The highest BCUT2D eigenvalue weighted by Gasteiger charge is 2.17. The zero-order chi connectivity index (χ0) is 21.8. The van der Waals surface area contributed by atoms with Crippen molar-refractivity contribution >= 4 is 28.6 Å². The van der Waals surface area contributed by atoms with Crippen LogP contribution in [-0.4, -0.2) is 40.3 Å². The lowest BCUT2D eigenvalue weighted by Gasteiger charge is -2.17. The Kier molecular flexibility index (Phi) is 6.08. The highest BCUT2D eigenvalue weighted by molar-refractivity contribution is 7.99. The molecular weight excluding hydrogens is 414 g/mol. The van der Waals surface area contributed by atoms with Gasteiger partial charge in [-0.15, -0.1) is 0 Å². The van der Waals surface area contributed by atoms with Gasteiger partial charge in [-0.25, -0.2) is 4.98 Å². The average molecular weight is 436 g/mol. The van der Waals surface area contributed by atoms with Crippen LogP contribution in [0, 0.1) is 0 Å². The van der Waals surface area contributed by atoms with Crippen molar-refractivity contribution in [2.75, 3.05) is 19.9 Å². The molecule has 2 heterocycles. The minimum Gasteiger partial charge on any atom is -0.497 e. The second kappa shape index (κ2) is 9.09. The van der Waals surface area contributed by atoms with E-state index in [2.05, 4.69) is 4.98 Å². The van der Waals surface area contributed by atoms with Crippen molar-refractivity contribution in [3.05, 3.63) is 83.0 Å². The number of thioether (sulfide) groups is 1. The number of methoxy groups -OCH3 is 1. The number of hydrogen-bond acceptors (Lipinski definition) is 6. The molecule has 4 rings (SSSR count). The third-order valence-electron chi connectivity index (χ3n) is 4.80. The third-order valence-corrected chi connectivity index (χ3v) is 5.72. The van der Waals surface area contributed by atoms with E-state index in [9.17, 15) is 9.59 Å². The molecule has 0 N–H and O–H groups in total. The molecule has 0 saturated heterocycles. The number of rotatable bonds is 7. The number of aromatic nitrogens is 2. The zero-order valence-corrected chi connectivity index (χ0v) is 18.0. The third kappa shape index (κ3) is 4.49. The van der Waals surface area contributed by atoms with Crippen LogP contribution in [-0.2, 0) is 11.3 Å². The predicted molar refractivity (Wildman–Crippen MR) is 120 cm³/mol. The highest BCUT2D eigenvalue weighted by atomic mass is 32.2. The summed E-state index contributed by atoms with van der Waals surface area (Å²) in [6.45, 7) is 0.378. The van der Waals surface area contributed by atoms with Crippen molar-refractivity contribution in [3.8, 4) is 11.4 Å². The first-order valence-corrected chi connectivity index (χ1v) is 10.6. The lowest BCUT2D eigenvalue weighted by atomic mass is 10.2. The van der Waals surface area contributed by atoms with Crippen LogP contribution in [0.1, 0.15) is 5.76 Å². The van der Waals surface area contributed by atoms with Crippen LogP contribution in [0.2, 0.25) is 0 Å². The van der Waals surface area contributed by atoms with Crippen molar-refractivity contribution in [2.24, 2.45) is 0 Å². The number of fused-ring (bicyclic) bond motifs is 1. The number of ether oxygens (including phenoxy) is 1. The first-order chi connectivity index (χ1) is 15.1. The number of benzene rings is 2. The fourth-order valence-electron chi connectivity index (χ4n) is 3.13. The molecule has 0 saturated carbocycles. The van der Waals surface area contributed by atoms with E-state index in [0.717, 1.165) is 0 Å². The largest absolute Gasteiger partial charge is 0.497 e. The smallest absolute Gasteiger partial charge is 0.266 e. The molecule has 4 aromatic rings. The maximum absolute atomic E-state index is 13.3. The number of carbonyl (C=O) groups is 1. The molecular formula is C23H21N3O4S. The lowest BCUT2D eigenvalue weighted by Crippen LogP contribution is -2.28. The van der Waals surface area contributed by atoms with Crippen LogP contribution in [0.4, 0.5) is 0 Å². The molecule has 7 nitrogen and oxygen atoms in total. The van der Waals surface area contributed by atoms with Gasteiger partial charge in [0.2, 0.25) is 5.91 Å². The number of amides is 1. The minimum atomic E-state index is -0.186. The van der Waals surface area contributed by atoms with E-state index >= 15 is 0 Å². The van der Waals surface area contributed by atoms with Crippen LogP contribution < -0.4 is 10.3 Å². The van der Waals surface area contributed by atoms with Crippen molar-refractivity contribution in [3.63, 3.8) is 0 Å². The maximum Gasteiger partial charge on any atom is 0.266 e. The molecule has 8 heteroatoms. The molecule has 0 spiro atoms. The van der Waals surface area contributed by atoms with Gasteiger partial charge in [0.15, 0.2) is 5.16 Å². The summed E-state index contributed by atoms with van der Waals surface area (Å²) in [5, 5.41) is 0.970. The van der Waals surface area contributed by atoms with E-state index in [0.29, 0.717) is 39.8 Å². The number of nitrogens with zero attached hydrogens (tertiary/aromatic N) is 3. The summed E-state index contributed by atoms with van der Waals surface area (Å²) in [7, 11) is 3.31. The second-order valence-electron chi connectivity index (χ2n) is 6.87. The Bertz CT molecular complexity index is 1250. The molecule has 0 bridgehead atoms. The predicted octanol–water partition coefficient (Wildman–Crippen LogP) is 3.74. The molecule has 31 heavy (non-hydrogen) atoms. The van der Waals surface area contributed by atoms with Gasteiger partial charge in [-0.05, 0) is 48.5 Å². The fourth-order valence-corrected chi connectivity index (χ4v) is 4.08. The Morgan fingerprint density at radius 3 is 2.61 bits per heavy atom. The monoisotopic (exact) mass is 435 g/mol. The van der Waals surface area contributed by atoms with Gasteiger partial charge < -0.3 is 14.1 Å².